The highest BCUT2D eigenvalue weighted by molar-refractivity contribution is 5.73. The van der Waals surface area contributed by atoms with Gasteiger partial charge in [0.15, 0.2) is 0 Å². The van der Waals surface area contributed by atoms with Crippen LogP contribution in [0.4, 0.5) is 4.79 Å². The third kappa shape index (κ3) is 8.76. The summed E-state index contributed by atoms with van der Waals surface area (Å²) in [5.41, 5.74) is 1.88. The second-order valence-electron chi connectivity index (χ2n) is 7.18. The van der Waals surface area contributed by atoms with Gasteiger partial charge in [-0.25, -0.2) is 9.48 Å². The van der Waals surface area contributed by atoms with Crippen molar-refractivity contribution in [2.24, 2.45) is 0 Å². The van der Waals surface area contributed by atoms with Crippen molar-refractivity contribution < 1.29 is 19.7 Å². The second kappa shape index (κ2) is 12.8. The summed E-state index contributed by atoms with van der Waals surface area (Å²) >= 11 is 0. The van der Waals surface area contributed by atoms with Gasteiger partial charge in [0.1, 0.15) is 5.75 Å². The summed E-state index contributed by atoms with van der Waals surface area (Å²) in [5, 5.41) is 31.9. The zero-order valence-electron chi connectivity index (χ0n) is 17.6. The van der Waals surface area contributed by atoms with Gasteiger partial charge in [0.25, 0.3) is 0 Å². The van der Waals surface area contributed by atoms with E-state index in [1.165, 1.54) is 0 Å². The van der Waals surface area contributed by atoms with Gasteiger partial charge >= 0.3 is 6.03 Å². The van der Waals surface area contributed by atoms with Crippen molar-refractivity contribution in [2.75, 3.05) is 47.0 Å². The predicted molar refractivity (Wildman–Crippen MR) is 112 cm³/mol. The summed E-state index contributed by atoms with van der Waals surface area (Å²) in [6.07, 6.45) is 3.16. The predicted octanol–water partition coefficient (Wildman–Crippen LogP) is 0.00720. The molecule has 166 valence electrons. The molecule has 0 aliphatic rings. The van der Waals surface area contributed by atoms with E-state index in [-0.39, 0.29) is 24.4 Å². The van der Waals surface area contributed by atoms with Gasteiger partial charge in [-0.1, -0.05) is 17.3 Å². The first kappa shape index (κ1) is 23.6. The lowest BCUT2D eigenvalue weighted by Crippen LogP contribution is -2.45. The van der Waals surface area contributed by atoms with E-state index in [0.29, 0.717) is 39.3 Å². The van der Waals surface area contributed by atoms with Crippen LogP contribution in [0.15, 0.2) is 30.5 Å². The maximum absolute atomic E-state index is 12.1. The molecule has 1 atom stereocenters. The number of benzene rings is 1. The van der Waals surface area contributed by atoms with Gasteiger partial charge in [0.2, 0.25) is 0 Å². The Kier molecular flexibility index (Phi) is 10.1. The lowest BCUT2D eigenvalue weighted by molar-refractivity contribution is 0.0851. The van der Waals surface area contributed by atoms with E-state index in [4.69, 9.17) is 9.84 Å². The van der Waals surface area contributed by atoms with Crippen LogP contribution < -0.4 is 10.6 Å². The maximum Gasteiger partial charge on any atom is 0.314 e. The van der Waals surface area contributed by atoms with Crippen molar-refractivity contribution in [3.8, 4) is 5.75 Å². The fraction of sp³-hybridized carbons (Fsp3) is 0.550. The first-order valence-electron chi connectivity index (χ1n) is 10.0. The molecule has 0 saturated heterocycles. The number of carbonyl (C=O) groups is 1. The highest BCUT2D eigenvalue weighted by Gasteiger charge is 2.14. The van der Waals surface area contributed by atoms with Crippen LogP contribution in [0.25, 0.3) is 0 Å². The summed E-state index contributed by atoms with van der Waals surface area (Å²) in [7, 11) is 3.95. The van der Waals surface area contributed by atoms with Gasteiger partial charge < -0.3 is 30.5 Å². The van der Waals surface area contributed by atoms with Gasteiger partial charge in [0, 0.05) is 31.7 Å². The van der Waals surface area contributed by atoms with E-state index in [2.05, 4.69) is 25.8 Å². The van der Waals surface area contributed by atoms with Crippen molar-refractivity contribution in [3.63, 3.8) is 0 Å². The summed E-state index contributed by atoms with van der Waals surface area (Å²) in [4.78, 5) is 14.2. The number of carbonyl (C=O) groups excluding carboxylic acids is 1. The van der Waals surface area contributed by atoms with Crippen LogP contribution >= 0.6 is 0 Å². The summed E-state index contributed by atoms with van der Waals surface area (Å²) in [5.74, 6) is 0.243. The number of ether oxygens (including phenoxy) is 1. The molecule has 1 aromatic carbocycles. The molecule has 10 heteroatoms. The molecule has 1 aromatic heterocycles. The monoisotopic (exact) mass is 420 g/mol. The Morgan fingerprint density at radius 3 is 2.70 bits per heavy atom. The second-order valence-corrected chi connectivity index (χ2v) is 7.18. The largest absolute Gasteiger partial charge is 0.508 e. The number of amides is 2. The lowest BCUT2D eigenvalue weighted by atomic mass is 10.1. The van der Waals surface area contributed by atoms with Crippen LogP contribution in [0.2, 0.25) is 0 Å². The number of rotatable bonds is 13. The SMILES string of the molecule is CN(C)[C@H](CNC(=O)NCCc1cn(CCOCCO)nn1)Cc1ccc(O)cc1. The molecule has 0 unspecified atom stereocenters. The number of aliphatic hydroxyl groups excluding tert-OH is 1. The zero-order chi connectivity index (χ0) is 21.8. The summed E-state index contributed by atoms with van der Waals surface area (Å²) in [6.45, 7) is 2.29. The molecule has 0 saturated carbocycles. The van der Waals surface area contributed by atoms with Crippen molar-refractivity contribution in [3.05, 3.63) is 41.7 Å². The first-order chi connectivity index (χ1) is 14.5. The van der Waals surface area contributed by atoms with E-state index in [1.807, 2.05) is 32.4 Å². The fourth-order valence-corrected chi connectivity index (χ4v) is 2.81. The molecular weight excluding hydrogens is 388 g/mol. The molecular formula is C20H32N6O4. The number of nitrogens with zero attached hydrogens (tertiary/aromatic N) is 4. The number of phenols is 1. The average molecular weight is 421 g/mol. The van der Waals surface area contributed by atoms with Crippen LogP contribution in [0, 0.1) is 0 Å². The maximum atomic E-state index is 12.1. The van der Waals surface area contributed by atoms with E-state index >= 15 is 0 Å². The van der Waals surface area contributed by atoms with Crippen LogP contribution in [-0.4, -0.2) is 89.2 Å². The summed E-state index contributed by atoms with van der Waals surface area (Å²) in [6, 6.07) is 7.02. The van der Waals surface area contributed by atoms with Gasteiger partial charge in [0.05, 0.1) is 32.1 Å². The third-order valence-corrected chi connectivity index (χ3v) is 4.59. The number of aliphatic hydroxyl groups is 1. The normalized spacial score (nSPS) is 12.1. The third-order valence-electron chi connectivity index (χ3n) is 4.59. The smallest absolute Gasteiger partial charge is 0.314 e. The Morgan fingerprint density at radius 2 is 2.00 bits per heavy atom. The molecule has 0 spiro atoms. The molecule has 4 N–H and O–H groups in total. The van der Waals surface area contributed by atoms with Gasteiger partial charge in [-0.2, -0.15) is 0 Å². The molecule has 10 nitrogen and oxygen atoms in total. The highest BCUT2D eigenvalue weighted by atomic mass is 16.5. The Balaban J connectivity index is 1.67. The van der Waals surface area contributed by atoms with Gasteiger partial charge in [-0.3, -0.25) is 0 Å². The van der Waals surface area contributed by atoms with Crippen molar-refractivity contribution in [1.82, 2.24) is 30.5 Å². The molecule has 0 radical (unpaired) electrons. The van der Waals surface area contributed by atoms with Gasteiger partial charge in [-0.05, 0) is 38.2 Å². The summed E-state index contributed by atoms with van der Waals surface area (Å²) < 4.78 is 6.87. The Morgan fingerprint density at radius 1 is 1.23 bits per heavy atom. The average Bonchev–Trinajstić information content (AvgIpc) is 3.17. The molecule has 1 heterocycles. The number of aromatic nitrogens is 3. The number of phenolic OH excluding ortho intramolecular Hbond substituents is 1. The minimum Gasteiger partial charge on any atom is -0.508 e. The highest BCUT2D eigenvalue weighted by Crippen LogP contribution is 2.12. The molecule has 0 aliphatic heterocycles. The molecule has 0 aliphatic carbocycles. The lowest BCUT2D eigenvalue weighted by Gasteiger charge is -2.25. The topological polar surface area (TPSA) is 125 Å². The van der Waals surface area contributed by atoms with Crippen molar-refractivity contribution >= 4 is 6.03 Å². The molecule has 0 bridgehead atoms. The number of aromatic hydroxyl groups is 1. The van der Waals surface area contributed by atoms with Crippen LogP contribution in [0.3, 0.4) is 0 Å². The number of nitrogens with one attached hydrogen (secondary N) is 2. The number of likely N-dealkylation sites (N-methyl/N-ethyl adjacent to an activating group) is 1. The van der Waals surface area contributed by atoms with E-state index in [9.17, 15) is 9.90 Å². The first-order valence-corrected chi connectivity index (χ1v) is 10.0. The number of urea groups is 1. The Hall–Kier alpha value is -2.69. The van der Waals surface area contributed by atoms with Crippen molar-refractivity contribution in [1.29, 1.82) is 0 Å². The van der Waals surface area contributed by atoms with E-state index < -0.39 is 0 Å². The number of hydrogen-bond donors (Lipinski definition) is 4. The standard InChI is InChI=1S/C20H32N6O4/c1-25(2)18(13-16-3-5-19(28)6-4-16)14-22-20(29)21-8-7-17-15-26(24-23-17)9-11-30-12-10-27/h3-6,15,18,27-28H,7-14H2,1-2H3,(H2,21,22,29)/t18-/m0/s1. The van der Waals surface area contributed by atoms with Crippen LogP contribution in [0.1, 0.15) is 11.3 Å². The molecule has 2 amide bonds. The van der Waals surface area contributed by atoms with Crippen LogP contribution in [0.5, 0.6) is 5.75 Å². The Bertz CT molecular complexity index is 750. The van der Waals surface area contributed by atoms with Gasteiger partial charge in [-0.15, -0.1) is 5.10 Å². The minimum absolute atomic E-state index is 0.00242. The van der Waals surface area contributed by atoms with E-state index in [1.54, 1.807) is 16.8 Å². The zero-order valence-corrected chi connectivity index (χ0v) is 17.6. The van der Waals surface area contributed by atoms with E-state index in [0.717, 1.165) is 17.7 Å². The number of hydrogen-bond acceptors (Lipinski definition) is 7. The van der Waals surface area contributed by atoms with Crippen molar-refractivity contribution in [2.45, 2.75) is 25.4 Å². The fourth-order valence-electron chi connectivity index (χ4n) is 2.81. The molecule has 2 aromatic rings. The molecule has 30 heavy (non-hydrogen) atoms. The van der Waals surface area contributed by atoms with Crippen LogP contribution in [-0.2, 0) is 24.1 Å². The molecule has 0 fully saturated rings. The quantitative estimate of drug-likeness (QED) is 0.336. The minimum atomic E-state index is -0.225. The Labute approximate surface area is 176 Å². The molecule has 2 rings (SSSR count).